The molecule has 0 aliphatic heterocycles. The first-order valence-corrected chi connectivity index (χ1v) is 5.47. The van der Waals surface area contributed by atoms with Crippen LogP contribution in [0.5, 0.6) is 0 Å². The van der Waals surface area contributed by atoms with E-state index in [1.165, 1.54) is 0 Å². The Bertz CT molecular complexity index is 396. The molecule has 1 aliphatic rings. The van der Waals surface area contributed by atoms with Crippen LogP contribution >= 0.6 is 11.6 Å². The molecular formula is C11H13ClN2O2. The highest BCUT2D eigenvalue weighted by molar-refractivity contribution is 6.31. The molecular weight excluding hydrogens is 228 g/mol. The number of amides is 1. The van der Waals surface area contributed by atoms with Crippen LogP contribution in [0, 0.1) is 0 Å². The zero-order valence-corrected chi connectivity index (χ0v) is 9.37. The smallest absolute Gasteiger partial charge is 0.251 e. The highest BCUT2D eigenvalue weighted by atomic mass is 35.5. The number of anilines is 1. The molecule has 16 heavy (non-hydrogen) atoms. The van der Waals surface area contributed by atoms with Crippen molar-refractivity contribution in [1.29, 1.82) is 0 Å². The molecule has 2 rings (SSSR count). The second-order valence-corrected chi connectivity index (χ2v) is 4.51. The van der Waals surface area contributed by atoms with Crippen molar-refractivity contribution in [1.82, 2.24) is 5.32 Å². The Morgan fingerprint density at radius 3 is 2.69 bits per heavy atom. The van der Waals surface area contributed by atoms with Crippen molar-refractivity contribution < 1.29 is 9.90 Å². The lowest BCUT2D eigenvalue weighted by Crippen LogP contribution is -2.46. The summed E-state index contributed by atoms with van der Waals surface area (Å²) in [6.45, 7) is 0. The summed E-state index contributed by atoms with van der Waals surface area (Å²) >= 11 is 5.80. The van der Waals surface area contributed by atoms with Gasteiger partial charge in [-0.3, -0.25) is 4.79 Å². The molecule has 0 radical (unpaired) electrons. The van der Waals surface area contributed by atoms with Crippen LogP contribution in [0.3, 0.4) is 0 Å². The highest BCUT2D eigenvalue weighted by Crippen LogP contribution is 2.21. The van der Waals surface area contributed by atoms with Crippen LogP contribution in [0.25, 0.3) is 0 Å². The van der Waals surface area contributed by atoms with E-state index in [0.29, 0.717) is 29.1 Å². The van der Waals surface area contributed by atoms with E-state index in [4.69, 9.17) is 22.4 Å². The van der Waals surface area contributed by atoms with E-state index < -0.39 is 0 Å². The number of aliphatic hydroxyl groups is 1. The molecule has 0 aromatic heterocycles. The first-order chi connectivity index (χ1) is 7.54. The molecule has 1 fully saturated rings. The molecule has 1 aromatic rings. The predicted molar refractivity (Wildman–Crippen MR) is 62.4 cm³/mol. The first kappa shape index (κ1) is 11.2. The molecule has 4 N–H and O–H groups in total. The van der Waals surface area contributed by atoms with Crippen LogP contribution in [-0.2, 0) is 0 Å². The van der Waals surface area contributed by atoms with Gasteiger partial charge in [0.2, 0.25) is 0 Å². The van der Waals surface area contributed by atoms with Crippen molar-refractivity contribution in [2.45, 2.75) is 25.0 Å². The lowest BCUT2D eigenvalue weighted by molar-refractivity contribution is 0.0562. The van der Waals surface area contributed by atoms with Gasteiger partial charge in [0.1, 0.15) is 0 Å². The fraction of sp³-hybridized carbons (Fsp3) is 0.364. The largest absolute Gasteiger partial charge is 0.399 e. The SMILES string of the molecule is Nc1cc(Cl)cc(C(=O)NC2CC(O)C2)c1. The Morgan fingerprint density at radius 2 is 2.12 bits per heavy atom. The highest BCUT2D eigenvalue weighted by Gasteiger charge is 2.28. The Labute approximate surface area is 98.4 Å². The van der Waals surface area contributed by atoms with Crippen LogP contribution in [0.2, 0.25) is 5.02 Å². The minimum atomic E-state index is -0.283. The van der Waals surface area contributed by atoms with Crippen molar-refractivity contribution in [3.8, 4) is 0 Å². The molecule has 0 saturated heterocycles. The molecule has 0 unspecified atom stereocenters. The van der Waals surface area contributed by atoms with Gasteiger partial charge in [-0.25, -0.2) is 0 Å². The lowest BCUT2D eigenvalue weighted by Gasteiger charge is -2.31. The average Bonchev–Trinajstić information content (AvgIpc) is 2.13. The minimum Gasteiger partial charge on any atom is -0.399 e. The number of benzene rings is 1. The lowest BCUT2D eigenvalue weighted by atomic mass is 9.89. The number of halogens is 1. The van der Waals surface area contributed by atoms with Crippen LogP contribution in [-0.4, -0.2) is 23.2 Å². The van der Waals surface area contributed by atoms with Gasteiger partial charge in [-0.2, -0.15) is 0 Å². The van der Waals surface area contributed by atoms with E-state index >= 15 is 0 Å². The van der Waals surface area contributed by atoms with E-state index in [1.54, 1.807) is 18.2 Å². The van der Waals surface area contributed by atoms with Gasteiger partial charge in [0, 0.05) is 22.3 Å². The number of nitrogens with two attached hydrogens (primary N) is 1. The Kier molecular flexibility index (Phi) is 3.03. The molecule has 0 spiro atoms. The summed E-state index contributed by atoms with van der Waals surface area (Å²) in [6.07, 6.45) is 0.943. The van der Waals surface area contributed by atoms with Gasteiger partial charge in [-0.15, -0.1) is 0 Å². The quantitative estimate of drug-likeness (QED) is 0.680. The molecule has 0 bridgehead atoms. The number of carbonyl (C=O) groups excluding carboxylic acids is 1. The molecule has 1 saturated carbocycles. The maximum absolute atomic E-state index is 11.8. The third-order valence-corrected chi connectivity index (χ3v) is 2.85. The third kappa shape index (κ3) is 2.46. The minimum absolute atomic E-state index is 0.0581. The zero-order chi connectivity index (χ0) is 11.7. The fourth-order valence-corrected chi connectivity index (χ4v) is 1.96. The van der Waals surface area contributed by atoms with Crippen LogP contribution in [0.15, 0.2) is 18.2 Å². The first-order valence-electron chi connectivity index (χ1n) is 5.09. The number of nitrogen functional groups attached to an aromatic ring is 1. The van der Waals surface area contributed by atoms with E-state index in [9.17, 15) is 4.79 Å². The van der Waals surface area contributed by atoms with E-state index in [1.807, 2.05) is 0 Å². The second kappa shape index (κ2) is 4.31. The topological polar surface area (TPSA) is 75.4 Å². The number of aliphatic hydroxyl groups excluding tert-OH is 1. The zero-order valence-electron chi connectivity index (χ0n) is 8.61. The summed E-state index contributed by atoms with van der Waals surface area (Å²) in [5.74, 6) is -0.203. The monoisotopic (exact) mass is 240 g/mol. The molecule has 4 nitrogen and oxygen atoms in total. The van der Waals surface area contributed by atoms with E-state index in [-0.39, 0.29) is 18.1 Å². The predicted octanol–water partition coefficient (Wildman–Crippen LogP) is 1.18. The Morgan fingerprint density at radius 1 is 1.44 bits per heavy atom. The van der Waals surface area contributed by atoms with Gasteiger partial charge in [0.05, 0.1) is 6.10 Å². The van der Waals surface area contributed by atoms with Crippen LogP contribution < -0.4 is 11.1 Å². The maximum atomic E-state index is 11.8. The molecule has 1 amide bonds. The van der Waals surface area contributed by atoms with Gasteiger partial charge < -0.3 is 16.2 Å². The van der Waals surface area contributed by atoms with Gasteiger partial charge in [-0.05, 0) is 31.0 Å². The number of carbonyl (C=O) groups is 1. The van der Waals surface area contributed by atoms with Gasteiger partial charge in [0.25, 0.3) is 5.91 Å². The van der Waals surface area contributed by atoms with Crippen molar-refractivity contribution in [3.05, 3.63) is 28.8 Å². The van der Waals surface area contributed by atoms with Crippen molar-refractivity contribution in [2.24, 2.45) is 0 Å². The maximum Gasteiger partial charge on any atom is 0.251 e. The van der Waals surface area contributed by atoms with Crippen LogP contribution in [0.4, 0.5) is 5.69 Å². The van der Waals surface area contributed by atoms with E-state index in [2.05, 4.69) is 5.32 Å². The summed E-state index contributed by atoms with van der Waals surface area (Å²) in [5.41, 5.74) is 6.51. The second-order valence-electron chi connectivity index (χ2n) is 4.07. The number of rotatable bonds is 2. The van der Waals surface area contributed by atoms with Gasteiger partial charge in [0.15, 0.2) is 0 Å². The molecule has 0 heterocycles. The molecule has 1 aliphatic carbocycles. The average molecular weight is 241 g/mol. The normalized spacial score (nSPS) is 23.6. The number of hydrogen-bond acceptors (Lipinski definition) is 3. The van der Waals surface area contributed by atoms with Crippen molar-refractivity contribution in [2.75, 3.05) is 5.73 Å². The summed E-state index contributed by atoms with van der Waals surface area (Å²) < 4.78 is 0. The van der Waals surface area contributed by atoms with Gasteiger partial charge >= 0.3 is 0 Å². The molecule has 0 atom stereocenters. The molecule has 86 valence electrons. The molecule has 5 heteroatoms. The number of hydrogen-bond donors (Lipinski definition) is 3. The third-order valence-electron chi connectivity index (χ3n) is 2.63. The summed E-state index contributed by atoms with van der Waals surface area (Å²) in [6, 6.07) is 4.80. The van der Waals surface area contributed by atoms with Crippen molar-refractivity contribution >= 4 is 23.2 Å². The fourth-order valence-electron chi connectivity index (χ4n) is 1.72. The standard InChI is InChI=1S/C11H13ClN2O2/c12-7-1-6(2-8(13)3-7)11(16)14-9-4-10(15)5-9/h1-3,9-10,15H,4-5,13H2,(H,14,16). The summed E-state index contributed by atoms with van der Waals surface area (Å²) in [7, 11) is 0. The number of nitrogens with one attached hydrogen (secondary N) is 1. The van der Waals surface area contributed by atoms with Crippen molar-refractivity contribution in [3.63, 3.8) is 0 Å². The molecule has 1 aromatic carbocycles. The summed E-state index contributed by atoms with van der Waals surface area (Å²) in [5, 5.41) is 12.3. The van der Waals surface area contributed by atoms with Crippen LogP contribution in [0.1, 0.15) is 23.2 Å². The Balaban J connectivity index is 2.03. The van der Waals surface area contributed by atoms with E-state index in [0.717, 1.165) is 0 Å². The van der Waals surface area contributed by atoms with Gasteiger partial charge in [-0.1, -0.05) is 11.6 Å². The summed E-state index contributed by atoms with van der Waals surface area (Å²) in [4.78, 5) is 11.8. The Hall–Kier alpha value is -1.26.